The Bertz CT molecular complexity index is 408. The molecular formula is C21H40N2O3. The van der Waals surface area contributed by atoms with Crippen LogP contribution in [0.15, 0.2) is 0 Å². The lowest BCUT2D eigenvalue weighted by Crippen LogP contribution is -2.32. The average molecular weight is 369 g/mol. The summed E-state index contributed by atoms with van der Waals surface area (Å²) in [5.41, 5.74) is 0. The molecule has 0 saturated carbocycles. The van der Waals surface area contributed by atoms with Crippen molar-refractivity contribution in [3.63, 3.8) is 0 Å². The molecule has 0 saturated heterocycles. The summed E-state index contributed by atoms with van der Waals surface area (Å²) in [6, 6.07) is -0.0609. The number of unbranched alkanes of at least 4 members (excludes halogenated alkanes) is 6. The standard InChI is InChI=1S/C21H40N2O3/c1-17(2)20(25)14-9-7-5-6-8-10-15-21(26)23-16-12-11-13-19(22-4)18(3)24/h17,19,22H,5-16H2,1-4H3,(H,23,26). The summed E-state index contributed by atoms with van der Waals surface area (Å²) in [6.45, 7) is 6.21. The Morgan fingerprint density at radius 2 is 1.38 bits per heavy atom. The van der Waals surface area contributed by atoms with Crippen LogP contribution >= 0.6 is 0 Å². The molecule has 1 amide bonds. The maximum atomic E-state index is 11.8. The summed E-state index contributed by atoms with van der Waals surface area (Å²) < 4.78 is 0. The van der Waals surface area contributed by atoms with E-state index in [1.54, 1.807) is 14.0 Å². The second kappa shape index (κ2) is 16.0. The molecule has 0 aromatic carbocycles. The van der Waals surface area contributed by atoms with Crippen LogP contribution in [0, 0.1) is 5.92 Å². The highest BCUT2D eigenvalue weighted by Crippen LogP contribution is 2.10. The first-order valence-electron chi connectivity index (χ1n) is 10.4. The Hall–Kier alpha value is -1.23. The lowest BCUT2D eigenvalue weighted by molar-refractivity contribution is -0.122. The van der Waals surface area contributed by atoms with Crippen LogP contribution in [0.4, 0.5) is 0 Å². The third kappa shape index (κ3) is 14.0. The smallest absolute Gasteiger partial charge is 0.219 e. The van der Waals surface area contributed by atoms with E-state index in [9.17, 15) is 14.4 Å². The van der Waals surface area contributed by atoms with Crippen LogP contribution in [-0.4, -0.2) is 37.1 Å². The average Bonchev–Trinajstić information content (AvgIpc) is 2.59. The second-order valence-electron chi connectivity index (χ2n) is 7.54. The van der Waals surface area contributed by atoms with Crippen LogP contribution in [-0.2, 0) is 14.4 Å². The van der Waals surface area contributed by atoms with Gasteiger partial charge >= 0.3 is 0 Å². The minimum Gasteiger partial charge on any atom is -0.356 e. The molecule has 5 heteroatoms. The Morgan fingerprint density at radius 1 is 0.808 bits per heavy atom. The quantitative estimate of drug-likeness (QED) is 0.383. The molecule has 2 N–H and O–H groups in total. The van der Waals surface area contributed by atoms with Crippen molar-refractivity contribution in [2.45, 2.75) is 97.4 Å². The normalized spacial score (nSPS) is 12.2. The first kappa shape index (κ1) is 24.8. The number of amides is 1. The van der Waals surface area contributed by atoms with Gasteiger partial charge in [0, 0.05) is 25.3 Å². The van der Waals surface area contributed by atoms with Gasteiger partial charge in [-0.25, -0.2) is 0 Å². The van der Waals surface area contributed by atoms with E-state index in [0.29, 0.717) is 25.2 Å². The molecule has 0 aliphatic heterocycles. The van der Waals surface area contributed by atoms with Gasteiger partial charge in [0.15, 0.2) is 0 Å². The van der Waals surface area contributed by atoms with Gasteiger partial charge in [0.05, 0.1) is 6.04 Å². The molecule has 26 heavy (non-hydrogen) atoms. The molecule has 0 bridgehead atoms. The summed E-state index contributed by atoms with van der Waals surface area (Å²) in [4.78, 5) is 34.5. The predicted octanol–water partition coefficient (Wildman–Crippen LogP) is 3.80. The number of carbonyl (C=O) groups excluding carboxylic acids is 3. The van der Waals surface area contributed by atoms with Crippen LogP contribution in [0.1, 0.15) is 91.4 Å². The second-order valence-corrected chi connectivity index (χ2v) is 7.54. The van der Waals surface area contributed by atoms with Crippen molar-refractivity contribution in [2.75, 3.05) is 13.6 Å². The van der Waals surface area contributed by atoms with Gasteiger partial charge in [-0.3, -0.25) is 14.4 Å². The van der Waals surface area contributed by atoms with Crippen molar-refractivity contribution in [2.24, 2.45) is 5.92 Å². The van der Waals surface area contributed by atoms with E-state index < -0.39 is 0 Å². The van der Waals surface area contributed by atoms with Crippen molar-refractivity contribution in [3.8, 4) is 0 Å². The molecule has 152 valence electrons. The van der Waals surface area contributed by atoms with Gasteiger partial charge in [0.25, 0.3) is 0 Å². The fraction of sp³-hybridized carbons (Fsp3) is 0.857. The molecule has 0 heterocycles. The number of nitrogens with one attached hydrogen (secondary N) is 2. The fourth-order valence-electron chi connectivity index (χ4n) is 2.92. The van der Waals surface area contributed by atoms with Gasteiger partial charge in [0.1, 0.15) is 11.6 Å². The van der Waals surface area contributed by atoms with E-state index in [1.807, 2.05) is 13.8 Å². The summed E-state index contributed by atoms with van der Waals surface area (Å²) in [5.74, 6) is 0.823. The summed E-state index contributed by atoms with van der Waals surface area (Å²) in [7, 11) is 1.80. The Balaban J connectivity index is 3.42. The van der Waals surface area contributed by atoms with Crippen molar-refractivity contribution < 1.29 is 14.4 Å². The number of hydrogen-bond donors (Lipinski definition) is 2. The van der Waals surface area contributed by atoms with E-state index in [0.717, 1.165) is 57.8 Å². The molecule has 0 fully saturated rings. The third-order valence-corrected chi connectivity index (χ3v) is 4.80. The van der Waals surface area contributed by atoms with Gasteiger partial charge in [-0.15, -0.1) is 0 Å². The predicted molar refractivity (Wildman–Crippen MR) is 107 cm³/mol. The molecule has 0 spiro atoms. The first-order valence-corrected chi connectivity index (χ1v) is 10.4. The molecule has 1 atom stereocenters. The van der Waals surface area contributed by atoms with Crippen LogP contribution in [0.5, 0.6) is 0 Å². The SMILES string of the molecule is CNC(CCCCNC(=O)CCCCCCCCC(=O)C(C)C)C(C)=O. The van der Waals surface area contributed by atoms with Gasteiger partial charge in [-0.1, -0.05) is 39.5 Å². The molecule has 5 nitrogen and oxygen atoms in total. The number of ketones is 2. The van der Waals surface area contributed by atoms with E-state index in [4.69, 9.17) is 0 Å². The number of rotatable bonds is 17. The number of carbonyl (C=O) groups is 3. The summed E-state index contributed by atoms with van der Waals surface area (Å²) in [5, 5.41) is 5.97. The third-order valence-electron chi connectivity index (χ3n) is 4.80. The van der Waals surface area contributed by atoms with Crippen molar-refractivity contribution >= 4 is 17.5 Å². The van der Waals surface area contributed by atoms with E-state index in [-0.39, 0.29) is 23.7 Å². The van der Waals surface area contributed by atoms with Crippen LogP contribution in [0.2, 0.25) is 0 Å². The van der Waals surface area contributed by atoms with Gasteiger partial charge < -0.3 is 10.6 Å². The maximum Gasteiger partial charge on any atom is 0.219 e. The zero-order chi connectivity index (χ0) is 19.8. The van der Waals surface area contributed by atoms with Crippen molar-refractivity contribution in [1.29, 1.82) is 0 Å². The van der Waals surface area contributed by atoms with Crippen LogP contribution in [0.25, 0.3) is 0 Å². The van der Waals surface area contributed by atoms with Gasteiger partial charge in [-0.05, 0) is 46.1 Å². The van der Waals surface area contributed by atoms with Crippen LogP contribution < -0.4 is 10.6 Å². The fourth-order valence-corrected chi connectivity index (χ4v) is 2.92. The zero-order valence-corrected chi connectivity index (χ0v) is 17.4. The molecular weight excluding hydrogens is 328 g/mol. The topological polar surface area (TPSA) is 75.3 Å². The minimum absolute atomic E-state index is 0.0609. The first-order chi connectivity index (χ1) is 12.4. The number of Topliss-reactive ketones (excluding diaryl/α,β-unsaturated/α-hetero) is 2. The summed E-state index contributed by atoms with van der Waals surface area (Å²) >= 11 is 0. The minimum atomic E-state index is -0.0609. The van der Waals surface area contributed by atoms with E-state index >= 15 is 0 Å². The number of likely N-dealkylation sites (N-methyl/N-ethyl adjacent to an activating group) is 1. The zero-order valence-electron chi connectivity index (χ0n) is 17.4. The van der Waals surface area contributed by atoms with E-state index in [2.05, 4.69) is 10.6 Å². The lowest BCUT2D eigenvalue weighted by Gasteiger charge is -2.12. The maximum absolute atomic E-state index is 11.8. The highest BCUT2D eigenvalue weighted by Gasteiger charge is 2.10. The molecule has 0 aromatic heterocycles. The molecule has 0 aromatic rings. The number of hydrogen-bond acceptors (Lipinski definition) is 4. The van der Waals surface area contributed by atoms with Crippen LogP contribution in [0.3, 0.4) is 0 Å². The van der Waals surface area contributed by atoms with Crippen molar-refractivity contribution in [3.05, 3.63) is 0 Å². The summed E-state index contributed by atoms with van der Waals surface area (Å²) in [6.07, 6.45) is 10.4. The Kier molecular flexibility index (Phi) is 15.2. The molecule has 0 rings (SSSR count). The van der Waals surface area contributed by atoms with Gasteiger partial charge in [0.2, 0.25) is 5.91 Å². The van der Waals surface area contributed by atoms with Crippen molar-refractivity contribution in [1.82, 2.24) is 10.6 Å². The monoisotopic (exact) mass is 368 g/mol. The highest BCUT2D eigenvalue weighted by atomic mass is 16.1. The van der Waals surface area contributed by atoms with Gasteiger partial charge in [-0.2, -0.15) is 0 Å². The highest BCUT2D eigenvalue weighted by molar-refractivity contribution is 5.81. The van der Waals surface area contributed by atoms with E-state index in [1.165, 1.54) is 0 Å². The molecule has 1 unspecified atom stereocenters. The Labute approximate surface area is 160 Å². The molecule has 0 radical (unpaired) electrons. The molecule has 0 aliphatic carbocycles. The largest absolute Gasteiger partial charge is 0.356 e. The lowest BCUT2D eigenvalue weighted by atomic mass is 10.0. The molecule has 0 aliphatic rings. The Morgan fingerprint density at radius 3 is 1.92 bits per heavy atom.